The number of hydrogen-bond acceptors (Lipinski definition) is 3. The van der Waals surface area contributed by atoms with E-state index in [0.717, 1.165) is 0 Å². The van der Waals surface area contributed by atoms with Gasteiger partial charge in [0.2, 0.25) is 5.91 Å². The Hall–Kier alpha value is -1.50. The third kappa shape index (κ3) is 5.20. The predicted molar refractivity (Wildman–Crippen MR) is 52.3 cm³/mol. The quantitative estimate of drug-likeness (QED) is 0.405. The van der Waals surface area contributed by atoms with Gasteiger partial charge in [0, 0.05) is 0 Å². The second kappa shape index (κ2) is 5.28. The zero-order valence-corrected chi connectivity index (χ0v) is 8.72. The lowest BCUT2D eigenvalue weighted by Gasteiger charge is -2.18. The highest BCUT2D eigenvalue weighted by Crippen LogP contribution is 1.99. The topological polar surface area (TPSA) is 55.4 Å². The lowest BCUT2D eigenvalue weighted by Crippen LogP contribution is -2.42. The Kier molecular flexibility index (Phi) is 4.71. The molecule has 0 aromatic heterocycles. The van der Waals surface area contributed by atoms with Crippen molar-refractivity contribution < 1.29 is 14.3 Å². The van der Waals surface area contributed by atoms with Crippen molar-refractivity contribution in [2.24, 2.45) is 0 Å². The molecule has 0 spiro atoms. The minimum absolute atomic E-state index is 0.268. The smallest absolute Gasteiger partial charge is 0.315 e. The number of hydrogen-bond donors (Lipinski definition) is 1. The highest BCUT2D eigenvalue weighted by molar-refractivity contribution is 5.94. The summed E-state index contributed by atoms with van der Waals surface area (Å²) >= 11 is 0. The first-order valence-corrected chi connectivity index (χ1v) is 4.35. The fraction of sp³-hybridized carbons (Fsp3) is 0.600. The van der Waals surface area contributed by atoms with Crippen LogP contribution in [0.1, 0.15) is 27.2 Å². The van der Waals surface area contributed by atoms with Crippen molar-refractivity contribution in [1.29, 1.82) is 0 Å². The molecule has 0 unspecified atom stereocenters. The Labute approximate surface area is 84.0 Å². The average molecular weight is 197 g/mol. The molecule has 4 heteroatoms. The van der Waals surface area contributed by atoms with Crippen LogP contribution >= 0.6 is 0 Å². The molecule has 4 nitrogen and oxygen atoms in total. The van der Waals surface area contributed by atoms with Gasteiger partial charge in [-0.2, -0.15) is 0 Å². The summed E-state index contributed by atoms with van der Waals surface area (Å²) in [7, 11) is 0. The summed E-state index contributed by atoms with van der Waals surface area (Å²) in [5.41, 5.74) is -0.733. The van der Waals surface area contributed by atoms with E-state index in [2.05, 4.69) is 16.0 Å². The van der Waals surface area contributed by atoms with Crippen molar-refractivity contribution in [1.82, 2.24) is 5.32 Å². The van der Waals surface area contributed by atoms with Crippen molar-refractivity contribution in [3.8, 4) is 12.3 Å². The van der Waals surface area contributed by atoms with E-state index in [-0.39, 0.29) is 13.0 Å². The van der Waals surface area contributed by atoms with E-state index in [0.29, 0.717) is 0 Å². The van der Waals surface area contributed by atoms with Crippen molar-refractivity contribution in [2.45, 2.75) is 32.7 Å². The van der Waals surface area contributed by atoms with Crippen LogP contribution in [0.4, 0.5) is 0 Å². The van der Waals surface area contributed by atoms with Crippen molar-refractivity contribution in [2.75, 3.05) is 6.61 Å². The second-order valence-electron chi connectivity index (χ2n) is 3.30. The molecule has 0 radical (unpaired) electrons. The van der Waals surface area contributed by atoms with Gasteiger partial charge in [0.15, 0.2) is 0 Å². The van der Waals surface area contributed by atoms with Crippen LogP contribution < -0.4 is 5.32 Å². The van der Waals surface area contributed by atoms with Gasteiger partial charge in [-0.05, 0) is 20.8 Å². The average Bonchev–Trinajstić information content (AvgIpc) is 2.03. The van der Waals surface area contributed by atoms with E-state index in [1.165, 1.54) is 0 Å². The Morgan fingerprint density at radius 2 is 2.07 bits per heavy atom. The van der Waals surface area contributed by atoms with E-state index in [9.17, 15) is 9.59 Å². The fourth-order valence-electron chi connectivity index (χ4n) is 0.772. The highest BCUT2D eigenvalue weighted by Gasteiger charge is 2.19. The minimum Gasteiger partial charge on any atom is -0.466 e. The molecule has 0 aromatic carbocycles. The van der Waals surface area contributed by atoms with Gasteiger partial charge in [0.05, 0.1) is 12.1 Å². The molecule has 0 saturated carbocycles. The summed E-state index contributed by atoms with van der Waals surface area (Å²) in [4.78, 5) is 22.1. The molecular weight excluding hydrogens is 182 g/mol. The van der Waals surface area contributed by atoms with Gasteiger partial charge in [0.25, 0.3) is 0 Å². The largest absolute Gasteiger partial charge is 0.466 e. The molecule has 0 aliphatic carbocycles. The van der Waals surface area contributed by atoms with Crippen molar-refractivity contribution in [3.05, 3.63) is 0 Å². The monoisotopic (exact) mass is 197 g/mol. The molecule has 0 atom stereocenters. The molecule has 0 heterocycles. The first kappa shape index (κ1) is 12.5. The van der Waals surface area contributed by atoms with Gasteiger partial charge in [-0.1, -0.05) is 5.92 Å². The van der Waals surface area contributed by atoms with Gasteiger partial charge >= 0.3 is 5.97 Å². The van der Waals surface area contributed by atoms with Crippen LogP contribution in [0.5, 0.6) is 0 Å². The molecule has 14 heavy (non-hydrogen) atoms. The van der Waals surface area contributed by atoms with Gasteiger partial charge in [-0.25, -0.2) is 0 Å². The summed E-state index contributed by atoms with van der Waals surface area (Å²) in [5.74, 6) is 1.43. The Morgan fingerprint density at radius 3 is 2.50 bits per heavy atom. The van der Waals surface area contributed by atoms with E-state index in [1.807, 2.05) is 0 Å². The lowest BCUT2D eigenvalue weighted by atomic mass is 10.1. The third-order valence-corrected chi connectivity index (χ3v) is 1.42. The predicted octanol–water partition coefficient (Wildman–Crippen LogP) is 0.468. The zero-order chi connectivity index (χ0) is 11.2. The van der Waals surface area contributed by atoms with E-state index >= 15 is 0 Å². The molecular formula is C10H15NO3. The second-order valence-corrected chi connectivity index (χ2v) is 3.30. The zero-order valence-electron chi connectivity index (χ0n) is 8.72. The normalized spacial score (nSPS) is 10.1. The number of terminal acetylenes is 1. The highest BCUT2D eigenvalue weighted by atomic mass is 16.5. The van der Waals surface area contributed by atoms with Crippen LogP contribution in [0.25, 0.3) is 0 Å². The first-order chi connectivity index (χ1) is 6.41. The Morgan fingerprint density at radius 1 is 1.50 bits per heavy atom. The van der Waals surface area contributed by atoms with Gasteiger partial charge in [-0.3, -0.25) is 9.59 Å². The van der Waals surface area contributed by atoms with Crippen LogP contribution in [0.15, 0.2) is 0 Å². The van der Waals surface area contributed by atoms with E-state index < -0.39 is 17.4 Å². The van der Waals surface area contributed by atoms with Gasteiger partial charge in [-0.15, -0.1) is 6.42 Å². The van der Waals surface area contributed by atoms with Crippen molar-refractivity contribution >= 4 is 11.9 Å². The Bertz CT molecular complexity index is 263. The molecule has 78 valence electrons. The van der Waals surface area contributed by atoms with Crippen LogP contribution in [0.2, 0.25) is 0 Å². The molecule has 0 saturated heterocycles. The maximum atomic E-state index is 11.2. The molecule has 0 bridgehead atoms. The van der Waals surface area contributed by atoms with Crippen LogP contribution in [0, 0.1) is 12.3 Å². The van der Waals surface area contributed by atoms with Gasteiger partial charge in [0.1, 0.15) is 6.42 Å². The standard InChI is InChI=1S/C10H15NO3/c1-5-10(3,4)11-8(12)7-9(13)14-6-2/h1H,6-7H2,2-4H3,(H,11,12). The molecule has 1 amide bonds. The summed E-state index contributed by atoms with van der Waals surface area (Å²) in [6.45, 7) is 5.30. The molecule has 0 aliphatic heterocycles. The van der Waals surface area contributed by atoms with Crippen LogP contribution in [-0.2, 0) is 14.3 Å². The van der Waals surface area contributed by atoms with Crippen LogP contribution in [-0.4, -0.2) is 24.0 Å². The number of carbonyl (C=O) groups is 2. The third-order valence-electron chi connectivity index (χ3n) is 1.42. The number of nitrogens with one attached hydrogen (secondary N) is 1. The SMILES string of the molecule is C#CC(C)(C)NC(=O)CC(=O)OCC. The molecule has 0 fully saturated rings. The van der Waals surface area contributed by atoms with Crippen LogP contribution in [0.3, 0.4) is 0 Å². The number of esters is 1. The van der Waals surface area contributed by atoms with E-state index in [4.69, 9.17) is 6.42 Å². The van der Waals surface area contributed by atoms with Gasteiger partial charge < -0.3 is 10.1 Å². The summed E-state index contributed by atoms with van der Waals surface area (Å²) < 4.78 is 4.61. The lowest BCUT2D eigenvalue weighted by molar-refractivity contribution is -0.146. The number of rotatable bonds is 4. The fourth-order valence-corrected chi connectivity index (χ4v) is 0.772. The molecule has 0 rings (SSSR count). The van der Waals surface area contributed by atoms with Crippen molar-refractivity contribution in [3.63, 3.8) is 0 Å². The summed E-state index contributed by atoms with van der Waals surface area (Å²) in [6.07, 6.45) is 4.87. The maximum Gasteiger partial charge on any atom is 0.315 e. The first-order valence-electron chi connectivity index (χ1n) is 4.35. The Balaban J connectivity index is 4.01. The number of carbonyl (C=O) groups excluding carboxylic acids is 2. The summed E-state index contributed by atoms with van der Waals surface area (Å²) in [5, 5.41) is 2.52. The number of ether oxygens (including phenoxy) is 1. The van der Waals surface area contributed by atoms with E-state index in [1.54, 1.807) is 20.8 Å². The molecule has 0 aromatic rings. The number of amides is 1. The maximum absolute atomic E-state index is 11.2. The molecule has 1 N–H and O–H groups in total. The minimum atomic E-state index is -0.733. The molecule has 0 aliphatic rings. The summed E-state index contributed by atoms with van der Waals surface area (Å²) in [6, 6.07) is 0.